The highest BCUT2D eigenvalue weighted by molar-refractivity contribution is 6.22. The molecule has 3 rings (SSSR count). The molecule has 5 heteroatoms. The van der Waals surface area contributed by atoms with Gasteiger partial charge in [-0.05, 0) is 36.6 Å². The molecule has 1 aliphatic heterocycles. The number of hydrogen-bond donors (Lipinski definition) is 1. The van der Waals surface area contributed by atoms with Crippen molar-refractivity contribution in [2.75, 3.05) is 0 Å². The van der Waals surface area contributed by atoms with Crippen molar-refractivity contribution in [2.45, 2.75) is 39.3 Å². The highest BCUT2D eigenvalue weighted by atomic mass is 16.2. The summed E-state index contributed by atoms with van der Waals surface area (Å²) < 4.78 is 0. The van der Waals surface area contributed by atoms with Crippen LogP contribution in [0.1, 0.15) is 63.3 Å². The number of rotatable bonds is 6. The zero-order valence-corrected chi connectivity index (χ0v) is 15.0. The van der Waals surface area contributed by atoms with Gasteiger partial charge in [0.25, 0.3) is 17.7 Å². The molecule has 0 radical (unpaired) electrons. The molecule has 0 bridgehead atoms. The number of fused-ring (bicyclic) bond motifs is 1. The van der Waals surface area contributed by atoms with Gasteiger partial charge in [0.15, 0.2) is 0 Å². The summed E-state index contributed by atoms with van der Waals surface area (Å²) in [6, 6.07) is 14.2. The number of amides is 3. The largest absolute Gasteiger partial charge is 0.349 e. The fourth-order valence-electron chi connectivity index (χ4n) is 3.10. The van der Waals surface area contributed by atoms with E-state index in [9.17, 15) is 14.4 Å². The average molecular weight is 350 g/mol. The topological polar surface area (TPSA) is 66.5 Å². The summed E-state index contributed by atoms with van der Waals surface area (Å²) in [5.74, 6) is -0.893. The van der Waals surface area contributed by atoms with Crippen LogP contribution in [0.3, 0.4) is 0 Å². The molecule has 1 aliphatic rings. The zero-order chi connectivity index (χ0) is 18.7. The fraction of sp³-hybridized carbons (Fsp3) is 0.286. The summed E-state index contributed by atoms with van der Waals surface area (Å²) in [5, 5.41) is 2.95. The van der Waals surface area contributed by atoms with Crippen LogP contribution in [-0.4, -0.2) is 28.7 Å². The van der Waals surface area contributed by atoms with Gasteiger partial charge >= 0.3 is 0 Å². The third-order valence-corrected chi connectivity index (χ3v) is 4.74. The predicted molar refractivity (Wildman–Crippen MR) is 98.9 cm³/mol. The molecule has 0 spiro atoms. The lowest BCUT2D eigenvalue weighted by Gasteiger charge is -2.14. The monoisotopic (exact) mass is 350 g/mol. The van der Waals surface area contributed by atoms with Gasteiger partial charge in [-0.25, -0.2) is 0 Å². The molecule has 0 atom stereocenters. The van der Waals surface area contributed by atoms with Gasteiger partial charge in [0.1, 0.15) is 0 Å². The normalized spacial score (nSPS) is 13.3. The Labute approximate surface area is 153 Å². The van der Waals surface area contributed by atoms with Gasteiger partial charge in [-0.1, -0.05) is 44.2 Å². The predicted octanol–water partition coefficient (Wildman–Crippen LogP) is 3.40. The Hall–Kier alpha value is -2.95. The van der Waals surface area contributed by atoms with Crippen molar-refractivity contribution in [3.63, 3.8) is 0 Å². The molecular weight excluding hydrogens is 328 g/mol. The van der Waals surface area contributed by atoms with Gasteiger partial charge in [-0.2, -0.15) is 0 Å². The quantitative estimate of drug-likeness (QED) is 0.812. The smallest absolute Gasteiger partial charge is 0.261 e. The number of hydrogen-bond acceptors (Lipinski definition) is 3. The van der Waals surface area contributed by atoms with E-state index >= 15 is 0 Å². The van der Waals surface area contributed by atoms with Crippen molar-refractivity contribution >= 4 is 17.7 Å². The number of nitrogens with zero attached hydrogens (tertiary/aromatic N) is 1. The van der Waals surface area contributed by atoms with Crippen LogP contribution in [0.5, 0.6) is 0 Å². The molecule has 0 fully saturated rings. The highest BCUT2D eigenvalue weighted by Crippen LogP contribution is 2.25. The summed E-state index contributed by atoms with van der Waals surface area (Å²) >= 11 is 0. The van der Waals surface area contributed by atoms with E-state index in [1.165, 1.54) is 11.0 Å². The summed E-state index contributed by atoms with van der Waals surface area (Å²) in [5.41, 5.74) is 1.93. The van der Waals surface area contributed by atoms with Gasteiger partial charge in [0, 0.05) is 11.6 Å². The van der Waals surface area contributed by atoms with Gasteiger partial charge in [0.2, 0.25) is 0 Å². The molecule has 0 aromatic heterocycles. The number of nitrogens with one attached hydrogen (secondary N) is 1. The SMILES string of the molecule is CCC(CC)NC(=O)c1ccc2c(c1)C(=O)N(Cc1ccccc1)C2=O. The second kappa shape index (κ2) is 7.52. The molecule has 26 heavy (non-hydrogen) atoms. The zero-order valence-electron chi connectivity index (χ0n) is 15.0. The Morgan fingerprint density at radius 3 is 2.27 bits per heavy atom. The van der Waals surface area contributed by atoms with E-state index in [0.717, 1.165) is 18.4 Å². The molecule has 0 saturated heterocycles. The first-order chi connectivity index (χ1) is 12.5. The minimum Gasteiger partial charge on any atom is -0.349 e. The summed E-state index contributed by atoms with van der Waals surface area (Å²) in [6.45, 7) is 4.25. The molecule has 2 aromatic carbocycles. The second-order valence-corrected chi connectivity index (χ2v) is 6.43. The molecule has 1 heterocycles. The van der Waals surface area contributed by atoms with E-state index in [1.807, 2.05) is 44.2 Å². The minimum absolute atomic E-state index is 0.0997. The number of carbonyl (C=O) groups excluding carboxylic acids is 3. The van der Waals surface area contributed by atoms with Crippen LogP contribution in [-0.2, 0) is 6.54 Å². The first kappa shape index (κ1) is 17.9. The van der Waals surface area contributed by atoms with Crippen LogP contribution >= 0.6 is 0 Å². The van der Waals surface area contributed by atoms with Crippen molar-refractivity contribution < 1.29 is 14.4 Å². The highest BCUT2D eigenvalue weighted by Gasteiger charge is 2.36. The van der Waals surface area contributed by atoms with Gasteiger partial charge in [-0.15, -0.1) is 0 Å². The average Bonchev–Trinajstić information content (AvgIpc) is 2.91. The molecule has 0 unspecified atom stereocenters. The lowest BCUT2D eigenvalue weighted by molar-refractivity contribution is 0.0642. The van der Waals surface area contributed by atoms with E-state index in [0.29, 0.717) is 16.7 Å². The third-order valence-electron chi connectivity index (χ3n) is 4.74. The van der Waals surface area contributed by atoms with Crippen molar-refractivity contribution in [3.8, 4) is 0 Å². The number of benzene rings is 2. The van der Waals surface area contributed by atoms with E-state index in [-0.39, 0.29) is 30.3 Å². The first-order valence-corrected chi connectivity index (χ1v) is 8.90. The first-order valence-electron chi connectivity index (χ1n) is 8.90. The summed E-state index contributed by atoms with van der Waals surface area (Å²) in [4.78, 5) is 38.9. The molecule has 5 nitrogen and oxygen atoms in total. The Bertz CT molecular complexity index is 842. The molecule has 0 saturated carbocycles. The maximum Gasteiger partial charge on any atom is 0.261 e. The van der Waals surface area contributed by atoms with E-state index < -0.39 is 0 Å². The summed E-state index contributed by atoms with van der Waals surface area (Å²) in [6.07, 6.45) is 1.69. The van der Waals surface area contributed by atoms with Gasteiger partial charge < -0.3 is 5.32 Å². The third kappa shape index (κ3) is 3.38. The van der Waals surface area contributed by atoms with E-state index in [4.69, 9.17) is 0 Å². The number of imide groups is 1. The Kier molecular flexibility index (Phi) is 5.16. The molecule has 2 aromatic rings. The Morgan fingerprint density at radius 1 is 0.962 bits per heavy atom. The van der Waals surface area contributed by atoms with Crippen molar-refractivity contribution in [2.24, 2.45) is 0 Å². The van der Waals surface area contributed by atoms with Crippen LogP contribution < -0.4 is 5.32 Å². The number of carbonyl (C=O) groups is 3. The van der Waals surface area contributed by atoms with Crippen molar-refractivity contribution in [3.05, 3.63) is 70.8 Å². The maximum absolute atomic E-state index is 12.7. The van der Waals surface area contributed by atoms with E-state index in [1.54, 1.807) is 12.1 Å². The second-order valence-electron chi connectivity index (χ2n) is 6.43. The Balaban J connectivity index is 1.82. The Morgan fingerprint density at radius 2 is 1.62 bits per heavy atom. The fourth-order valence-corrected chi connectivity index (χ4v) is 3.10. The minimum atomic E-state index is -0.356. The van der Waals surface area contributed by atoms with E-state index in [2.05, 4.69) is 5.32 Å². The maximum atomic E-state index is 12.7. The lowest BCUT2D eigenvalue weighted by Crippen LogP contribution is -2.33. The molecule has 134 valence electrons. The molecule has 1 N–H and O–H groups in total. The molecule has 0 aliphatic carbocycles. The molecule has 3 amide bonds. The van der Waals surface area contributed by atoms with Crippen molar-refractivity contribution in [1.82, 2.24) is 10.2 Å². The lowest BCUT2D eigenvalue weighted by atomic mass is 10.0. The van der Waals surface area contributed by atoms with Crippen LogP contribution in [0.4, 0.5) is 0 Å². The molecular formula is C21H22N2O3. The van der Waals surface area contributed by atoms with Gasteiger partial charge in [0.05, 0.1) is 17.7 Å². The van der Waals surface area contributed by atoms with Crippen molar-refractivity contribution in [1.29, 1.82) is 0 Å². The van der Waals surface area contributed by atoms with Gasteiger partial charge in [-0.3, -0.25) is 19.3 Å². The van der Waals surface area contributed by atoms with Crippen LogP contribution in [0, 0.1) is 0 Å². The summed E-state index contributed by atoms with van der Waals surface area (Å²) in [7, 11) is 0. The van der Waals surface area contributed by atoms with Crippen LogP contribution in [0.25, 0.3) is 0 Å². The standard InChI is InChI=1S/C21H22N2O3/c1-3-16(4-2)22-19(24)15-10-11-17-18(12-15)21(26)23(20(17)25)13-14-8-6-5-7-9-14/h5-12,16H,3-4,13H2,1-2H3,(H,22,24). The van der Waals surface area contributed by atoms with Crippen LogP contribution in [0.15, 0.2) is 48.5 Å². The van der Waals surface area contributed by atoms with Crippen LogP contribution in [0.2, 0.25) is 0 Å².